The van der Waals surface area contributed by atoms with Gasteiger partial charge in [-0.1, -0.05) is 41.6 Å². The monoisotopic (exact) mass is 397 g/mol. The highest BCUT2D eigenvalue weighted by molar-refractivity contribution is 7.99. The quantitative estimate of drug-likeness (QED) is 0.638. The van der Waals surface area contributed by atoms with E-state index < -0.39 is 0 Å². The van der Waals surface area contributed by atoms with Crippen molar-refractivity contribution in [3.8, 4) is 0 Å². The molecule has 0 fully saturated rings. The van der Waals surface area contributed by atoms with Crippen LogP contribution in [-0.2, 0) is 9.59 Å². The summed E-state index contributed by atoms with van der Waals surface area (Å²) in [7, 11) is 1.61. The van der Waals surface area contributed by atoms with Crippen LogP contribution in [0.1, 0.15) is 16.7 Å². The Labute approximate surface area is 168 Å². The van der Waals surface area contributed by atoms with Crippen molar-refractivity contribution in [3.05, 3.63) is 53.1 Å². The number of aryl methyl sites for hydroxylation is 3. The van der Waals surface area contributed by atoms with Crippen molar-refractivity contribution in [2.75, 3.05) is 24.7 Å². The highest BCUT2D eigenvalue weighted by atomic mass is 32.2. The lowest BCUT2D eigenvalue weighted by Crippen LogP contribution is -2.36. The summed E-state index contributed by atoms with van der Waals surface area (Å²) in [5.74, 6) is -0.239. The molecule has 0 aliphatic heterocycles. The summed E-state index contributed by atoms with van der Waals surface area (Å²) in [5.41, 5.74) is 5.41. The summed E-state index contributed by atoms with van der Waals surface area (Å²) in [6.07, 6.45) is 0. The van der Waals surface area contributed by atoms with Crippen molar-refractivity contribution in [2.45, 2.75) is 26.0 Å². The Morgan fingerprint density at radius 1 is 1.14 bits per heavy atom. The number of oxazole rings is 1. The van der Waals surface area contributed by atoms with Gasteiger partial charge in [-0.05, 0) is 44.0 Å². The van der Waals surface area contributed by atoms with Gasteiger partial charge in [0.1, 0.15) is 5.52 Å². The molecule has 0 spiro atoms. The van der Waals surface area contributed by atoms with Crippen molar-refractivity contribution >= 4 is 40.4 Å². The Balaban J connectivity index is 1.54. The second kappa shape index (κ2) is 8.48. The van der Waals surface area contributed by atoms with Gasteiger partial charge in [0, 0.05) is 12.7 Å². The predicted molar refractivity (Wildman–Crippen MR) is 112 cm³/mol. The van der Waals surface area contributed by atoms with Crippen LogP contribution in [0.25, 0.3) is 11.1 Å². The van der Waals surface area contributed by atoms with Crippen LogP contribution in [0.2, 0.25) is 0 Å². The molecule has 0 unspecified atom stereocenters. The molecular weight excluding hydrogens is 374 g/mol. The number of likely N-dealkylation sites (N-methyl/N-ethyl adjacent to an activating group) is 1. The van der Waals surface area contributed by atoms with Crippen LogP contribution in [-0.4, -0.2) is 41.0 Å². The van der Waals surface area contributed by atoms with E-state index in [9.17, 15) is 9.59 Å². The van der Waals surface area contributed by atoms with E-state index in [4.69, 9.17) is 4.42 Å². The summed E-state index contributed by atoms with van der Waals surface area (Å²) in [4.78, 5) is 30.5. The number of thioether (sulfide) groups is 1. The Morgan fingerprint density at radius 3 is 2.50 bits per heavy atom. The highest BCUT2D eigenvalue weighted by Gasteiger charge is 2.16. The highest BCUT2D eigenvalue weighted by Crippen LogP contribution is 2.24. The fraction of sp³-hybridized carbons (Fsp3) is 0.286. The number of carbonyl (C=O) groups is 2. The number of aromatic nitrogens is 1. The lowest BCUT2D eigenvalue weighted by atomic mass is 10.1. The zero-order valence-corrected chi connectivity index (χ0v) is 17.2. The Bertz CT molecular complexity index is 973. The maximum atomic E-state index is 12.4. The number of carbonyl (C=O) groups excluding carboxylic acids is 2. The van der Waals surface area contributed by atoms with Gasteiger partial charge in [-0.25, -0.2) is 4.98 Å². The number of hydrogen-bond donors (Lipinski definition) is 1. The SMILES string of the molecule is Cc1cc(C)c(NC(=O)CN(C)C(=O)CSc2nc3ccccc3o2)c(C)c1. The van der Waals surface area contributed by atoms with Crippen molar-refractivity contribution < 1.29 is 14.0 Å². The van der Waals surface area contributed by atoms with Crippen LogP contribution in [0, 0.1) is 20.8 Å². The van der Waals surface area contributed by atoms with Crippen LogP contribution >= 0.6 is 11.8 Å². The molecule has 0 atom stereocenters. The maximum absolute atomic E-state index is 12.4. The Hall–Kier alpha value is -2.80. The van der Waals surface area contributed by atoms with E-state index in [0.29, 0.717) is 10.8 Å². The molecule has 7 heteroatoms. The van der Waals surface area contributed by atoms with Gasteiger partial charge >= 0.3 is 0 Å². The fourth-order valence-electron chi connectivity index (χ4n) is 3.01. The van der Waals surface area contributed by atoms with Crippen LogP contribution in [0.5, 0.6) is 0 Å². The lowest BCUT2D eigenvalue weighted by molar-refractivity contribution is -0.131. The first-order chi connectivity index (χ1) is 13.3. The minimum Gasteiger partial charge on any atom is -0.431 e. The molecule has 0 aliphatic carbocycles. The van der Waals surface area contributed by atoms with E-state index in [1.165, 1.54) is 16.7 Å². The minimum absolute atomic E-state index is 0.0142. The van der Waals surface area contributed by atoms with E-state index in [2.05, 4.69) is 10.3 Å². The largest absolute Gasteiger partial charge is 0.431 e. The van der Waals surface area contributed by atoms with Crippen LogP contribution < -0.4 is 5.32 Å². The Morgan fingerprint density at radius 2 is 1.82 bits per heavy atom. The molecule has 0 saturated heterocycles. The van der Waals surface area contributed by atoms with Gasteiger partial charge in [-0.15, -0.1) is 0 Å². The van der Waals surface area contributed by atoms with Gasteiger partial charge in [0.15, 0.2) is 5.58 Å². The molecule has 1 heterocycles. The van der Waals surface area contributed by atoms with Gasteiger partial charge in [0.05, 0.1) is 12.3 Å². The second-order valence-electron chi connectivity index (χ2n) is 6.81. The molecule has 3 rings (SSSR count). The zero-order chi connectivity index (χ0) is 20.3. The number of rotatable bonds is 6. The van der Waals surface area contributed by atoms with Crippen molar-refractivity contribution in [3.63, 3.8) is 0 Å². The number of anilines is 1. The second-order valence-corrected chi connectivity index (χ2v) is 7.73. The van der Waals surface area contributed by atoms with E-state index in [-0.39, 0.29) is 24.1 Å². The number of amides is 2. The smallest absolute Gasteiger partial charge is 0.257 e. The van der Waals surface area contributed by atoms with Gasteiger partial charge in [0.2, 0.25) is 11.8 Å². The van der Waals surface area contributed by atoms with E-state index >= 15 is 0 Å². The van der Waals surface area contributed by atoms with E-state index in [1.807, 2.05) is 57.2 Å². The molecule has 0 radical (unpaired) electrons. The number of para-hydroxylation sites is 2. The van der Waals surface area contributed by atoms with Gasteiger partial charge in [-0.3, -0.25) is 9.59 Å². The fourth-order valence-corrected chi connectivity index (χ4v) is 3.79. The van der Waals surface area contributed by atoms with Crippen LogP contribution in [0.4, 0.5) is 5.69 Å². The molecule has 0 saturated carbocycles. The first-order valence-corrected chi connectivity index (χ1v) is 9.92. The molecular formula is C21H23N3O3S. The van der Waals surface area contributed by atoms with Crippen LogP contribution in [0.3, 0.4) is 0 Å². The predicted octanol–water partition coefficient (Wildman–Crippen LogP) is 3.94. The minimum atomic E-state index is -0.224. The zero-order valence-electron chi connectivity index (χ0n) is 16.4. The third-order valence-electron chi connectivity index (χ3n) is 4.34. The standard InChI is InChI=1S/C21H23N3O3S/c1-13-9-14(2)20(15(3)10-13)23-18(25)11-24(4)19(26)12-28-21-22-16-7-5-6-8-17(16)27-21/h5-10H,11-12H2,1-4H3,(H,23,25). The number of nitrogens with zero attached hydrogens (tertiary/aromatic N) is 2. The average molecular weight is 398 g/mol. The number of nitrogens with one attached hydrogen (secondary N) is 1. The molecule has 6 nitrogen and oxygen atoms in total. The summed E-state index contributed by atoms with van der Waals surface area (Å²) in [5, 5.41) is 3.36. The summed E-state index contributed by atoms with van der Waals surface area (Å²) >= 11 is 1.22. The number of fused-ring (bicyclic) bond motifs is 1. The normalized spacial score (nSPS) is 10.9. The molecule has 2 aromatic carbocycles. The van der Waals surface area contributed by atoms with Crippen molar-refractivity contribution in [1.29, 1.82) is 0 Å². The lowest BCUT2D eigenvalue weighted by Gasteiger charge is -2.18. The van der Waals surface area contributed by atoms with E-state index in [1.54, 1.807) is 7.05 Å². The van der Waals surface area contributed by atoms with Crippen LogP contribution in [0.15, 0.2) is 46.0 Å². The number of benzene rings is 2. The maximum Gasteiger partial charge on any atom is 0.257 e. The van der Waals surface area contributed by atoms with Crippen molar-refractivity contribution in [1.82, 2.24) is 9.88 Å². The molecule has 0 aliphatic rings. The summed E-state index contributed by atoms with van der Waals surface area (Å²) < 4.78 is 5.60. The molecule has 0 bridgehead atoms. The van der Waals surface area contributed by atoms with Gasteiger partial charge in [0.25, 0.3) is 5.22 Å². The van der Waals surface area contributed by atoms with E-state index in [0.717, 1.165) is 27.9 Å². The van der Waals surface area contributed by atoms with Gasteiger partial charge in [-0.2, -0.15) is 0 Å². The summed E-state index contributed by atoms with van der Waals surface area (Å²) in [6, 6.07) is 11.5. The average Bonchev–Trinajstić information content (AvgIpc) is 3.05. The third kappa shape index (κ3) is 4.72. The molecule has 28 heavy (non-hydrogen) atoms. The molecule has 3 aromatic rings. The molecule has 146 valence electrons. The molecule has 2 amide bonds. The third-order valence-corrected chi connectivity index (χ3v) is 5.15. The first kappa shape index (κ1) is 19.9. The molecule has 1 N–H and O–H groups in total. The summed E-state index contributed by atoms with van der Waals surface area (Å²) in [6.45, 7) is 5.93. The topological polar surface area (TPSA) is 75.4 Å². The first-order valence-electron chi connectivity index (χ1n) is 8.93. The number of hydrogen-bond acceptors (Lipinski definition) is 5. The Kier molecular flexibility index (Phi) is 6.04. The molecule has 1 aromatic heterocycles. The van der Waals surface area contributed by atoms with Gasteiger partial charge < -0.3 is 14.6 Å². The van der Waals surface area contributed by atoms with Crippen molar-refractivity contribution in [2.24, 2.45) is 0 Å².